The molecule has 2 aromatic carbocycles. The average molecular weight is 356 g/mol. The van der Waals surface area contributed by atoms with Crippen LogP contribution in [0.15, 0.2) is 76.6 Å². The molecule has 0 fully saturated rings. The molecule has 0 atom stereocenters. The summed E-state index contributed by atoms with van der Waals surface area (Å²) in [6.45, 7) is 3.59. The molecule has 0 bridgehead atoms. The van der Waals surface area contributed by atoms with Gasteiger partial charge in [-0.15, -0.1) is 0 Å². The Morgan fingerprint density at radius 2 is 1.55 bits per heavy atom. The number of aliphatic hydroxyl groups excluding tert-OH is 1. The Balaban J connectivity index is 1.82. The predicted molar refractivity (Wildman–Crippen MR) is 90.2 cm³/mol. The molecule has 1 aliphatic heterocycles. The molecular formula is C18H14BrNO2. The second-order valence-corrected chi connectivity index (χ2v) is 6.06. The molecule has 110 valence electrons. The Hall–Kier alpha value is -2.33. The van der Waals surface area contributed by atoms with E-state index in [4.69, 9.17) is 0 Å². The molecule has 3 rings (SSSR count). The van der Waals surface area contributed by atoms with Crippen molar-refractivity contribution in [3.05, 3.63) is 82.2 Å². The van der Waals surface area contributed by atoms with Crippen molar-refractivity contribution in [3.63, 3.8) is 0 Å². The first-order chi connectivity index (χ1) is 10.5. The summed E-state index contributed by atoms with van der Waals surface area (Å²) in [6.07, 6.45) is 0.386. The topological polar surface area (TPSA) is 49.3 Å². The molecular weight excluding hydrogens is 342 g/mol. The molecule has 22 heavy (non-hydrogen) atoms. The van der Waals surface area contributed by atoms with E-state index in [9.17, 15) is 9.90 Å². The molecule has 0 spiro atoms. The van der Waals surface area contributed by atoms with Crippen LogP contribution < -0.4 is 5.32 Å². The van der Waals surface area contributed by atoms with Gasteiger partial charge >= 0.3 is 0 Å². The minimum Gasteiger partial charge on any atom is -0.505 e. The number of hydrogen-bond acceptors (Lipinski definition) is 2. The zero-order valence-electron chi connectivity index (χ0n) is 11.8. The third-order valence-corrected chi connectivity index (χ3v) is 4.15. The van der Waals surface area contributed by atoms with E-state index in [0.717, 1.165) is 21.2 Å². The third-order valence-electron chi connectivity index (χ3n) is 3.62. The fourth-order valence-electron chi connectivity index (χ4n) is 2.39. The van der Waals surface area contributed by atoms with E-state index in [-0.39, 0.29) is 17.4 Å². The number of rotatable bonds is 3. The van der Waals surface area contributed by atoms with Crippen LogP contribution in [-0.4, -0.2) is 11.0 Å². The van der Waals surface area contributed by atoms with Crippen molar-refractivity contribution in [1.82, 2.24) is 5.32 Å². The van der Waals surface area contributed by atoms with Crippen LogP contribution in [0.25, 0.3) is 11.1 Å². The van der Waals surface area contributed by atoms with Gasteiger partial charge in [0.15, 0.2) is 0 Å². The number of carbonyl (C=O) groups is 1. The zero-order valence-corrected chi connectivity index (χ0v) is 13.4. The second-order valence-electron chi connectivity index (χ2n) is 5.14. The molecule has 0 unspecified atom stereocenters. The van der Waals surface area contributed by atoms with Gasteiger partial charge in [0.2, 0.25) is 0 Å². The number of aliphatic hydroxyl groups is 1. The summed E-state index contributed by atoms with van der Waals surface area (Å²) in [7, 11) is 0. The highest BCUT2D eigenvalue weighted by molar-refractivity contribution is 9.10. The first kappa shape index (κ1) is 14.6. The van der Waals surface area contributed by atoms with Crippen molar-refractivity contribution in [2.24, 2.45) is 0 Å². The fourth-order valence-corrected chi connectivity index (χ4v) is 2.65. The number of halogens is 1. The van der Waals surface area contributed by atoms with Crippen LogP contribution >= 0.6 is 15.9 Å². The van der Waals surface area contributed by atoms with E-state index >= 15 is 0 Å². The van der Waals surface area contributed by atoms with Crippen LogP contribution in [0.3, 0.4) is 0 Å². The lowest BCUT2D eigenvalue weighted by molar-refractivity contribution is -0.116. The van der Waals surface area contributed by atoms with E-state index in [1.165, 1.54) is 0 Å². The van der Waals surface area contributed by atoms with Gasteiger partial charge in [0, 0.05) is 10.9 Å². The fraction of sp³-hybridized carbons (Fsp3) is 0.0556. The van der Waals surface area contributed by atoms with E-state index in [1.54, 1.807) is 0 Å². The molecule has 1 amide bonds. The quantitative estimate of drug-likeness (QED) is 0.870. The summed E-state index contributed by atoms with van der Waals surface area (Å²) in [5.74, 6) is -0.318. The standard InChI is InChI=1S/C18H14BrNO2/c1-11-17(21)16(18(22)20-11)10-12-2-4-13(5-3-12)14-6-8-15(19)9-7-14/h2-9,21H,1,10H2,(H,20,22). The van der Waals surface area contributed by atoms with Crippen LogP contribution in [0.4, 0.5) is 0 Å². The van der Waals surface area contributed by atoms with E-state index in [1.807, 2.05) is 48.5 Å². The smallest absolute Gasteiger partial charge is 0.255 e. The van der Waals surface area contributed by atoms with Crippen molar-refractivity contribution in [3.8, 4) is 11.1 Å². The van der Waals surface area contributed by atoms with Crippen LogP contribution in [0.2, 0.25) is 0 Å². The van der Waals surface area contributed by atoms with Gasteiger partial charge in [0.05, 0.1) is 11.3 Å². The Kier molecular flexibility index (Phi) is 3.86. The third kappa shape index (κ3) is 2.83. The van der Waals surface area contributed by atoms with E-state index in [2.05, 4.69) is 27.8 Å². The summed E-state index contributed by atoms with van der Waals surface area (Å²) < 4.78 is 1.04. The van der Waals surface area contributed by atoms with Gasteiger partial charge in [-0.05, 0) is 28.8 Å². The lowest BCUT2D eigenvalue weighted by Gasteiger charge is -2.05. The monoisotopic (exact) mass is 355 g/mol. The first-order valence-electron chi connectivity index (χ1n) is 6.82. The molecule has 3 nitrogen and oxygen atoms in total. The maximum Gasteiger partial charge on any atom is 0.255 e. The van der Waals surface area contributed by atoms with Crippen LogP contribution in [0, 0.1) is 0 Å². The molecule has 0 radical (unpaired) electrons. The minimum absolute atomic E-state index is 0.0398. The molecule has 2 aromatic rings. The molecule has 0 saturated carbocycles. The second kappa shape index (κ2) is 5.81. The van der Waals surface area contributed by atoms with Gasteiger partial charge in [-0.1, -0.05) is 58.9 Å². The minimum atomic E-state index is -0.278. The van der Waals surface area contributed by atoms with Crippen LogP contribution in [0.1, 0.15) is 5.56 Å². The molecule has 0 saturated heterocycles. The first-order valence-corrected chi connectivity index (χ1v) is 7.61. The lowest BCUT2D eigenvalue weighted by atomic mass is 10.00. The van der Waals surface area contributed by atoms with Gasteiger partial charge in [0.25, 0.3) is 5.91 Å². The van der Waals surface area contributed by atoms with E-state index < -0.39 is 0 Å². The molecule has 0 aliphatic carbocycles. The van der Waals surface area contributed by atoms with Crippen LogP contribution in [-0.2, 0) is 11.2 Å². The highest BCUT2D eigenvalue weighted by atomic mass is 79.9. The zero-order chi connectivity index (χ0) is 15.7. The number of benzene rings is 2. The Morgan fingerprint density at radius 3 is 2.05 bits per heavy atom. The van der Waals surface area contributed by atoms with Crippen molar-refractivity contribution >= 4 is 21.8 Å². The predicted octanol–water partition coefficient (Wildman–Crippen LogP) is 4.11. The Labute approximate surface area is 137 Å². The van der Waals surface area contributed by atoms with Crippen molar-refractivity contribution in [1.29, 1.82) is 0 Å². The number of hydrogen-bond donors (Lipinski definition) is 2. The van der Waals surface area contributed by atoms with Gasteiger partial charge in [-0.25, -0.2) is 0 Å². The largest absolute Gasteiger partial charge is 0.505 e. The SMILES string of the molecule is C=C1NC(=O)C(Cc2ccc(-c3ccc(Br)cc3)cc2)=C1O. The molecule has 1 aliphatic rings. The van der Waals surface area contributed by atoms with Gasteiger partial charge in [-0.3, -0.25) is 4.79 Å². The highest BCUT2D eigenvalue weighted by Gasteiger charge is 2.25. The number of amides is 1. The Morgan fingerprint density at radius 1 is 1.00 bits per heavy atom. The summed E-state index contributed by atoms with van der Waals surface area (Å²) in [4.78, 5) is 11.7. The number of nitrogens with one attached hydrogen (secondary N) is 1. The Bertz CT molecular complexity index is 774. The molecule has 0 aromatic heterocycles. The molecule has 4 heteroatoms. The normalized spacial score (nSPS) is 14.4. The van der Waals surface area contributed by atoms with Gasteiger partial charge in [0.1, 0.15) is 5.76 Å². The van der Waals surface area contributed by atoms with Crippen molar-refractivity contribution in [2.45, 2.75) is 6.42 Å². The highest BCUT2D eigenvalue weighted by Crippen LogP contribution is 2.24. The van der Waals surface area contributed by atoms with Crippen LogP contribution in [0.5, 0.6) is 0 Å². The summed E-state index contributed by atoms with van der Waals surface area (Å²) in [5.41, 5.74) is 3.83. The summed E-state index contributed by atoms with van der Waals surface area (Å²) in [5, 5.41) is 12.4. The maximum absolute atomic E-state index is 11.7. The van der Waals surface area contributed by atoms with E-state index in [0.29, 0.717) is 12.0 Å². The molecule has 1 heterocycles. The van der Waals surface area contributed by atoms with Crippen molar-refractivity contribution < 1.29 is 9.90 Å². The van der Waals surface area contributed by atoms with Crippen molar-refractivity contribution in [2.75, 3.05) is 0 Å². The van der Waals surface area contributed by atoms with Gasteiger partial charge < -0.3 is 10.4 Å². The lowest BCUT2D eigenvalue weighted by Crippen LogP contribution is -2.16. The number of carbonyl (C=O) groups excluding carboxylic acids is 1. The summed E-state index contributed by atoms with van der Waals surface area (Å²) in [6, 6.07) is 16.0. The average Bonchev–Trinajstić information content (AvgIpc) is 2.75. The molecule has 2 N–H and O–H groups in total. The summed E-state index contributed by atoms with van der Waals surface area (Å²) >= 11 is 3.42. The maximum atomic E-state index is 11.7. The van der Waals surface area contributed by atoms with Gasteiger partial charge in [-0.2, -0.15) is 0 Å².